The minimum absolute atomic E-state index is 0.0570. The summed E-state index contributed by atoms with van der Waals surface area (Å²) in [7, 11) is -4.15. The lowest BCUT2D eigenvalue weighted by molar-refractivity contribution is -0.119. The van der Waals surface area contributed by atoms with Gasteiger partial charge in [-0.1, -0.05) is 13.0 Å². The zero-order valence-electron chi connectivity index (χ0n) is 15.4. The van der Waals surface area contributed by atoms with E-state index in [2.05, 4.69) is 5.32 Å². The summed E-state index contributed by atoms with van der Waals surface area (Å²) in [6.45, 7) is 2.52. The number of carbonyl (C=O) groups is 1. The highest BCUT2D eigenvalue weighted by molar-refractivity contribution is 7.92. The molecule has 1 aliphatic heterocycles. The van der Waals surface area contributed by atoms with Crippen LogP contribution in [0.5, 0.6) is 11.5 Å². The lowest BCUT2D eigenvalue weighted by Crippen LogP contribution is -2.41. The molecule has 0 aliphatic carbocycles. The van der Waals surface area contributed by atoms with Crippen LogP contribution >= 0.6 is 0 Å². The number of nitrogens with one attached hydrogen (secondary N) is 1. The number of rotatable bonds is 7. The maximum absolute atomic E-state index is 13.7. The largest absolute Gasteiger partial charge is 0.486 e. The number of benzene rings is 2. The molecule has 9 heteroatoms. The highest BCUT2D eigenvalue weighted by Crippen LogP contribution is 2.34. The summed E-state index contributed by atoms with van der Waals surface area (Å²) in [6, 6.07) is 9.33. The van der Waals surface area contributed by atoms with Crippen LogP contribution in [0.3, 0.4) is 0 Å². The number of amides is 1. The molecule has 0 spiro atoms. The van der Waals surface area contributed by atoms with E-state index in [0.29, 0.717) is 37.7 Å². The van der Waals surface area contributed by atoms with Crippen LogP contribution in [0.4, 0.5) is 10.1 Å². The predicted octanol–water partition coefficient (Wildman–Crippen LogP) is 2.32. The molecule has 150 valence electrons. The first kappa shape index (κ1) is 19.9. The molecule has 0 saturated heterocycles. The maximum atomic E-state index is 13.7. The Morgan fingerprint density at radius 3 is 2.61 bits per heavy atom. The molecule has 0 fully saturated rings. The Morgan fingerprint density at radius 1 is 1.14 bits per heavy atom. The summed E-state index contributed by atoms with van der Waals surface area (Å²) >= 11 is 0. The summed E-state index contributed by atoms with van der Waals surface area (Å²) < 4.78 is 52.0. The Kier molecular flexibility index (Phi) is 6.03. The zero-order valence-corrected chi connectivity index (χ0v) is 16.2. The molecule has 7 nitrogen and oxygen atoms in total. The van der Waals surface area contributed by atoms with Gasteiger partial charge in [-0.05, 0) is 36.8 Å². The van der Waals surface area contributed by atoms with Crippen molar-refractivity contribution in [1.29, 1.82) is 0 Å². The van der Waals surface area contributed by atoms with Gasteiger partial charge in [0.2, 0.25) is 5.91 Å². The Balaban J connectivity index is 1.99. The molecule has 0 unspecified atom stereocenters. The second-order valence-corrected chi connectivity index (χ2v) is 8.01. The van der Waals surface area contributed by atoms with E-state index in [1.54, 1.807) is 0 Å². The van der Waals surface area contributed by atoms with Crippen LogP contribution in [0.2, 0.25) is 0 Å². The van der Waals surface area contributed by atoms with Crippen LogP contribution < -0.4 is 19.1 Å². The van der Waals surface area contributed by atoms with E-state index in [9.17, 15) is 17.6 Å². The number of carbonyl (C=O) groups excluding carboxylic acids is 1. The first-order chi connectivity index (χ1) is 13.4. The third-order valence-electron chi connectivity index (χ3n) is 4.06. The molecule has 2 aromatic carbocycles. The number of ether oxygens (including phenoxy) is 2. The van der Waals surface area contributed by atoms with Gasteiger partial charge >= 0.3 is 0 Å². The van der Waals surface area contributed by atoms with Crippen molar-refractivity contribution in [2.75, 3.05) is 30.6 Å². The molecule has 1 amide bonds. The highest BCUT2D eigenvalue weighted by Gasteiger charge is 2.29. The van der Waals surface area contributed by atoms with E-state index in [4.69, 9.17) is 9.47 Å². The van der Waals surface area contributed by atoms with Gasteiger partial charge in [0.1, 0.15) is 25.6 Å². The average Bonchev–Trinajstić information content (AvgIpc) is 2.70. The number of anilines is 1. The number of fused-ring (bicyclic) bond motifs is 1. The van der Waals surface area contributed by atoms with Crippen molar-refractivity contribution in [3.63, 3.8) is 0 Å². The van der Waals surface area contributed by atoms with E-state index in [1.165, 1.54) is 36.4 Å². The van der Waals surface area contributed by atoms with E-state index in [1.807, 2.05) is 6.92 Å². The van der Waals surface area contributed by atoms with Crippen LogP contribution in [-0.2, 0) is 14.8 Å². The van der Waals surface area contributed by atoms with Gasteiger partial charge in [0.25, 0.3) is 10.0 Å². The predicted molar refractivity (Wildman–Crippen MR) is 102 cm³/mol. The molecule has 3 rings (SSSR count). The summed E-state index contributed by atoms with van der Waals surface area (Å²) in [6.07, 6.45) is 0.709. The van der Waals surface area contributed by atoms with Crippen molar-refractivity contribution in [3.05, 3.63) is 48.3 Å². The van der Waals surface area contributed by atoms with Crippen molar-refractivity contribution in [2.24, 2.45) is 0 Å². The van der Waals surface area contributed by atoms with Crippen LogP contribution in [0.25, 0.3) is 0 Å². The Hall–Kier alpha value is -2.81. The van der Waals surface area contributed by atoms with E-state index in [0.717, 1.165) is 10.4 Å². The molecule has 1 heterocycles. The van der Waals surface area contributed by atoms with Gasteiger partial charge in [-0.15, -0.1) is 0 Å². The van der Waals surface area contributed by atoms with Crippen LogP contribution in [-0.4, -0.2) is 40.6 Å². The van der Waals surface area contributed by atoms with Gasteiger partial charge in [-0.2, -0.15) is 0 Å². The van der Waals surface area contributed by atoms with Gasteiger partial charge in [0.05, 0.1) is 10.6 Å². The second kappa shape index (κ2) is 8.47. The van der Waals surface area contributed by atoms with Gasteiger partial charge in [0.15, 0.2) is 11.5 Å². The molecule has 2 aromatic rings. The van der Waals surface area contributed by atoms with Gasteiger partial charge in [-0.25, -0.2) is 12.8 Å². The minimum atomic E-state index is -4.15. The summed E-state index contributed by atoms with van der Waals surface area (Å²) in [4.78, 5) is 12.1. The number of sulfonamides is 1. The monoisotopic (exact) mass is 408 g/mol. The average molecular weight is 408 g/mol. The van der Waals surface area contributed by atoms with Crippen molar-refractivity contribution in [1.82, 2.24) is 5.32 Å². The van der Waals surface area contributed by atoms with Crippen molar-refractivity contribution in [2.45, 2.75) is 18.2 Å². The molecule has 0 radical (unpaired) electrons. The fourth-order valence-corrected chi connectivity index (χ4v) is 4.14. The third-order valence-corrected chi connectivity index (χ3v) is 5.83. The van der Waals surface area contributed by atoms with Crippen LogP contribution in [0, 0.1) is 5.82 Å². The minimum Gasteiger partial charge on any atom is -0.486 e. The molecule has 0 saturated carbocycles. The van der Waals surface area contributed by atoms with Gasteiger partial charge in [0, 0.05) is 12.6 Å². The molecular weight excluding hydrogens is 387 g/mol. The number of halogens is 1. The Morgan fingerprint density at radius 2 is 1.89 bits per heavy atom. The van der Waals surface area contributed by atoms with Crippen LogP contribution in [0.15, 0.2) is 47.4 Å². The topological polar surface area (TPSA) is 84.9 Å². The second-order valence-electron chi connectivity index (χ2n) is 6.15. The summed E-state index contributed by atoms with van der Waals surface area (Å²) in [5, 5.41) is 2.64. The molecule has 0 atom stereocenters. The van der Waals surface area contributed by atoms with Crippen molar-refractivity contribution >= 4 is 21.6 Å². The number of nitrogens with zero attached hydrogens (tertiary/aromatic N) is 1. The summed E-state index contributed by atoms with van der Waals surface area (Å²) in [5.74, 6) is -0.328. The Bertz CT molecular complexity index is 965. The molecule has 28 heavy (non-hydrogen) atoms. The molecule has 0 bridgehead atoms. The van der Waals surface area contributed by atoms with Crippen molar-refractivity contribution in [3.8, 4) is 11.5 Å². The van der Waals surface area contributed by atoms with E-state index >= 15 is 0 Å². The third kappa shape index (κ3) is 4.36. The number of hydrogen-bond acceptors (Lipinski definition) is 5. The number of hydrogen-bond donors (Lipinski definition) is 1. The Labute approximate surface area is 163 Å². The van der Waals surface area contributed by atoms with Gasteiger partial charge in [-0.3, -0.25) is 9.10 Å². The molecule has 1 N–H and O–H groups in total. The van der Waals surface area contributed by atoms with Crippen LogP contribution in [0.1, 0.15) is 13.3 Å². The SMILES string of the molecule is CCCNC(=O)CN(c1cccc(F)c1)S(=O)(=O)c1ccc2c(c1)OCCO2. The van der Waals surface area contributed by atoms with Gasteiger partial charge < -0.3 is 14.8 Å². The van der Waals surface area contributed by atoms with Crippen molar-refractivity contribution < 1.29 is 27.1 Å². The quantitative estimate of drug-likeness (QED) is 0.760. The first-order valence-corrected chi connectivity index (χ1v) is 10.3. The normalized spacial score (nSPS) is 13.1. The smallest absolute Gasteiger partial charge is 0.264 e. The first-order valence-electron chi connectivity index (χ1n) is 8.86. The standard InChI is InChI=1S/C19H21FN2O5S/c1-2-8-21-19(23)13-22(15-5-3-4-14(20)11-15)28(24,25)16-6-7-17-18(12-16)27-10-9-26-17/h3-7,11-12H,2,8-10,13H2,1H3,(H,21,23). The fraction of sp³-hybridized carbons (Fsp3) is 0.316. The van der Waals surface area contributed by atoms with E-state index in [-0.39, 0.29) is 10.6 Å². The molecule has 0 aromatic heterocycles. The molecule has 1 aliphatic rings. The van der Waals surface area contributed by atoms with E-state index < -0.39 is 28.3 Å². The fourth-order valence-electron chi connectivity index (χ4n) is 2.71. The highest BCUT2D eigenvalue weighted by atomic mass is 32.2. The lowest BCUT2D eigenvalue weighted by atomic mass is 10.3. The maximum Gasteiger partial charge on any atom is 0.264 e. The summed E-state index contributed by atoms with van der Waals surface area (Å²) in [5.41, 5.74) is 0.0570. The lowest BCUT2D eigenvalue weighted by Gasteiger charge is -2.25. The zero-order chi connectivity index (χ0) is 20.1. The molecular formula is C19H21FN2O5S.